The molecule has 0 aliphatic heterocycles. The lowest BCUT2D eigenvalue weighted by atomic mass is 10.1. The highest BCUT2D eigenvalue weighted by Gasteiger charge is 2.15. The highest BCUT2D eigenvalue weighted by atomic mass is 79.9. The molecule has 0 saturated carbocycles. The fourth-order valence-corrected chi connectivity index (χ4v) is 1.52. The Morgan fingerprint density at radius 1 is 1.64 bits per heavy atom. The largest absolute Gasteiger partial charge is 0.472 e. The molecule has 1 rings (SSSR count). The molecule has 1 aromatic rings. The van der Waals surface area contributed by atoms with Gasteiger partial charge in [-0.25, -0.2) is 0 Å². The van der Waals surface area contributed by atoms with Gasteiger partial charge in [0.1, 0.15) is 6.26 Å². The molecule has 2 unspecified atom stereocenters. The second kappa shape index (κ2) is 5.20. The summed E-state index contributed by atoms with van der Waals surface area (Å²) in [5, 5.41) is 3.78. The van der Waals surface area contributed by atoms with Crippen molar-refractivity contribution in [3.63, 3.8) is 0 Å². The molecule has 0 aliphatic rings. The van der Waals surface area contributed by atoms with Gasteiger partial charge in [-0.1, -0.05) is 22.9 Å². The number of rotatable bonds is 4. The van der Waals surface area contributed by atoms with Crippen LogP contribution in [0.3, 0.4) is 0 Å². The predicted octanol–water partition coefficient (Wildman–Crippen LogP) is 2.43. The van der Waals surface area contributed by atoms with E-state index in [4.69, 9.17) is 4.42 Å². The van der Waals surface area contributed by atoms with Crippen molar-refractivity contribution in [2.75, 3.05) is 5.33 Å². The van der Waals surface area contributed by atoms with Crippen LogP contribution in [0.5, 0.6) is 0 Å². The van der Waals surface area contributed by atoms with Gasteiger partial charge in [-0.3, -0.25) is 4.79 Å². The molecule has 1 heterocycles. The van der Waals surface area contributed by atoms with E-state index in [-0.39, 0.29) is 11.9 Å². The summed E-state index contributed by atoms with van der Waals surface area (Å²) in [6.07, 6.45) is 2.94. The molecule has 1 aromatic heterocycles. The molecule has 2 atom stereocenters. The number of carbonyl (C=O) groups is 1. The van der Waals surface area contributed by atoms with Crippen molar-refractivity contribution in [3.05, 3.63) is 24.2 Å². The van der Waals surface area contributed by atoms with Crippen molar-refractivity contribution in [3.8, 4) is 0 Å². The Kier molecular flexibility index (Phi) is 4.20. The first-order valence-corrected chi connectivity index (χ1v) is 5.66. The van der Waals surface area contributed by atoms with Crippen molar-refractivity contribution >= 4 is 21.8 Å². The lowest BCUT2D eigenvalue weighted by Gasteiger charge is -2.18. The van der Waals surface area contributed by atoms with Crippen LogP contribution in [0.15, 0.2) is 23.0 Å². The van der Waals surface area contributed by atoms with Gasteiger partial charge in [-0.05, 0) is 18.9 Å². The summed E-state index contributed by atoms with van der Waals surface area (Å²) in [7, 11) is 0. The molecule has 0 radical (unpaired) electrons. The minimum Gasteiger partial charge on any atom is -0.472 e. The molecule has 0 bridgehead atoms. The first kappa shape index (κ1) is 11.3. The molecule has 3 nitrogen and oxygen atoms in total. The van der Waals surface area contributed by atoms with Gasteiger partial charge < -0.3 is 9.73 Å². The Labute approximate surface area is 92.0 Å². The van der Waals surface area contributed by atoms with E-state index in [0.717, 1.165) is 5.33 Å². The fraction of sp³-hybridized carbons (Fsp3) is 0.500. The van der Waals surface area contributed by atoms with Crippen LogP contribution in [-0.4, -0.2) is 17.3 Å². The SMILES string of the molecule is CC(CBr)C(C)NC(=O)c1ccoc1. The molecule has 0 fully saturated rings. The lowest BCUT2D eigenvalue weighted by Crippen LogP contribution is -2.37. The van der Waals surface area contributed by atoms with Crippen LogP contribution in [-0.2, 0) is 0 Å². The summed E-state index contributed by atoms with van der Waals surface area (Å²) in [5.74, 6) is 0.324. The Morgan fingerprint density at radius 2 is 2.36 bits per heavy atom. The van der Waals surface area contributed by atoms with Crippen molar-refractivity contribution in [1.29, 1.82) is 0 Å². The molecule has 14 heavy (non-hydrogen) atoms. The highest BCUT2D eigenvalue weighted by molar-refractivity contribution is 9.09. The summed E-state index contributed by atoms with van der Waals surface area (Å²) in [6.45, 7) is 4.07. The molecule has 0 spiro atoms. The highest BCUT2D eigenvalue weighted by Crippen LogP contribution is 2.07. The van der Waals surface area contributed by atoms with Crippen molar-refractivity contribution in [1.82, 2.24) is 5.32 Å². The zero-order valence-electron chi connectivity index (χ0n) is 8.29. The van der Waals surface area contributed by atoms with Crippen molar-refractivity contribution in [2.24, 2.45) is 5.92 Å². The van der Waals surface area contributed by atoms with Crippen LogP contribution in [0.25, 0.3) is 0 Å². The van der Waals surface area contributed by atoms with Gasteiger partial charge >= 0.3 is 0 Å². The Bertz CT molecular complexity index is 284. The smallest absolute Gasteiger partial charge is 0.254 e. The number of amides is 1. The predicted molar refractivity (Wildman–Crippen MR) is 58.6 cm³/mol. The van der Waals surface area contributed by atoms with Crippen molar-refractivity contribution in [2.45, 2.75) is 19.9 Å². The monoisotopic (exact) mass is 259 g/mol. The van der Waals surface area contributed by atoms with E-state index in [0.29, 0.717) is 11.5 Å². The van der Waals surface area contributed by atoms with Gasteiger partial charge in [0, 0.05) is 11.4 Å². The Hall–Kier alpha value is -0.770. The third-order valence-corrected chi connectivity index (χ3v) is 3.26. The van der Waals surface area contributed by atoms with E-state index in [9.17, 15) is 4.79 Å². The molecule has 1 amide bonds. The zero-order chi connectivity index (χ0) is 10.6. The van der Waals surface area contributed by atoms with Gasteiger partial charge in [0.2, 0.25) is 0 Å². The molecule has 0 aromatic carbocycles. The van der Waals surface area contributed by atoms with Crippen molar-refractivity contribution < 1.29 is 9.21 Å². The van der Waals surface area contributed by atoms with E-state index in [1.165, 1.54) is 12.5 Å². The molecular weight excluding hydrogens is 246 g/mol. The summed E-state index contributed by atoms with van der Waals surface area (Å²) < 4.78 is 4.83. The Balaban J connectivity index is 2.49. The third-order valence-electron chi connectivity index (χ3n) is 2.24. The minimum atomic E-state index is -0.0842. The maximum Gasteiger partial charge on any atom is 0.254 e. The van der Waals surface area contributed by atoms with E-state index >= 15 is 0 Å². The number of hydrogen-bond donors (Lipinski definition) is 1. The van der Waals surface area contributed by atoms with E-state index in [2.05, 4.69) is 28.2 Å². The number of alkyl halides is 1. The van der Waals surface area contributed by atoms with Gasteiger partial charge in [-0.15, -0.1) is 0 Å². The maximum absolute atomic E-state index is 11.6. The molecule has 0 aliphatic carbocycles. The molecule has 78 valence electrons. The lowest BCUT2D eigenvalue weighted by molar-refractivity contribution is 0.0930. The van der Waals surface area contributed by atoms with Gasteiger partial charge in [0.05, 0.1) is 11.8 Å². The number of carbonyl (C=O) groups excluding carboxylic acids is 1. The second-order valence-electron chi connectivity index (χ2n) is 3.41. The molecule has 0 saturated heterocycles. The summed E-state index contributed by atoms with van der Waals surface area (Å²) in [5.41, 5.74) is 0.568. The molecule has 1 N–H and O–H groups in total. The van der Waals surface area contributed by atoms with Crippen LogP contribution in [0.4, 0.5) is 0 Å². The zero-order valence-corrected chi connectivity index (χ0v) is 9.87. The summed E-state index contributed by atoms with van der Waals surface area (Å²) in [6, 6.07) is 1.80. The van der Waals surface area contributed by atoms with Crippen LogP contribution in [0.1, 0.15) is 24.2 Å². The molecular formula is C10H14BrNO2. The van der Waals surface area contributed by atoms with Gasteiger partial charge in [0.25, 0.3) is 5.91 Å². The van der Waals surface area contributed by atoms with E-state index < -0.39 is 0 Å². The maximum atomic E-state index is 11.6. The van der Waals surface area contributed by atoms with Crippen LogP contribution < -0.4 is 5.32 Å². The quantitative estimate of drug-likeness (QED) is 0.845. The second-order valence-corrected chi connectivity index (χ2v) is 4.05. The Morgan fingerprint density at radius 3 is 2.86 bits per heavy atom. The summed E-state index contributed by atoms with van der Waals surface area (Å²) in [4.78, 5) is 11.6. The number of hydrogen-bond acceptors (Lipinski definition) is 2. The number of furan rings is 1. The first-order chi connectivity index (χ1) is 6.65. The van der Waals surface area contributed by atoms with Crippen LogP contribution >= 0.6 is 15.9 Å². The normalized spacial score (nSPS) is 14.8. The standard InChI is InChI=1S/C10H14BrNO2/c1-7(5-11)8(2)12-10(13)9-3-4-14-6-9/h3-4,6-8H,5H2,1-2H3,(H,12,13). The fourth-order valence-electron chi connectivity index (χ4n) is 0.960. The first-order valence-electron chi connectivity index (χ1n) is 4.54. The topological polar surface area (TPSA) is 42.2 Å². The average molecular weight is 260 g/mol. The number of halogens is 1. The van der Waals surface area contributed by atoms with Gasteiger partial charge in [-0.2, -0.15) is 0 Å². The van der Waals surface area contributed by atoms with E-state index in [1.807, 2.05) is 6.92 Å². The van der Waals surface area contributed by atoms with Crippen LogP contribution in [0, 0.1) is 5.92 Å². The van der Waals surface area contributed by atoms with Crippen LogP contribution in [0.2, 0.25) is 0 Å². The third kappa shape index (κ3) is 2.87. The van der Waals surface area contributed by atoms with Gasteiger partial charge in [0.15, 0.2) is 0 Å². The van der Waals surface area contributed by atoms with E-state index in [1.54, 1.807) is 6.07 Å². The summed E-state index contributed by atoms with van der Waals surface area (Å²) >= 11 is 3.38. The average Bonchev–Trinajstić information content (AvgIpc) is 2.69. The molecule has 4 heteroatoms. The minimum absolute atomic E-state index is 0.0842. The number of nitrogens with one attached hydrogen (secondary N) is 1.